The van der Waals surface area contributed by atoms with Crippen LogP contribution in [0.3, 0.4) is 0 Å². The van der Waals surface area contributed by atoms with Crippen LogP contribution in [0.2, 0.25) is 0 Å². The molecule has 0 fully saturated rings. The summed E-state index contributed by atoms with van der Waals surface area (Å²) in [6, 6.07) is 0. The van der Waals surface area contributed by atoms with Crippen LogP contribution in [0, 0.1) is 0 Å². The quantitative estimate of drug-likeness (QED) is 0.479. The van der Waals surface area contributed by atoms with Crippen molar-refractivity contribution < 1.29 is 19.4 Å². The van der Waals surface area contributed by atoms with E-state index in [1.807, 2.05) is 6.92 Å². The molecule has 114 valence electrons. The van der Waals surface area contributed by atoms with Gasteiger partial charge < -0.3 is 9.84 Å². The van der Waals surface area contributed by atoms with Gasteiger partial charge in [-0.3, -0.25) is 9.59 Å². The van der Waals surface area contributed by atoms with E-state index in [9.17, 15) is 9.59 Å². The van der Waals surface area contributed by atoms with Gasteiger partial charge in [-0.15, -0.1) is 0 Å². The van der Waals surface area contributed by atoms with E-state index < -0.39 is 5.97 Å². The molecule has 19 heavy (non-hydrogen) atoms. The van der Waals surface area contributed by atoms with Crippen LogP contribution < -0.4 is 0 Å². The number of ether oxygens (including phenoxy) is 1. The molecule has 0 radical (unpaired) electrons. The number of esters is 1. The van der Waals surface area contributed by atoms with Gasteiger partial charge in [0.05, 0.1) is 6.61 Å². The molecule has 0 saturated heterocycles. The van der Waals surface area contributed by atoms with Crippen LogP contribution in [0.4, 0.5) is 0 Å². The fraction of sp³-hybridized carbons (Fsp3) is 0.867. The number of hydrogen-bond acceptors (Lipinski definition) is 3. The van der Waals surface area contributed by atoms with E-state index >= 15 is 0 Å². The third-order valence-electron chi connectivity index (χ3n) is 2.53. The fourth-order valence-electron chi connectivity index (χ4n) is 1.43. The lowest BCUT2D eigenvalue weighted by atomic mass is 10.1. The molecule has 0 amide bonds. The van der Waals surface area contributed by atoms with Gasteiger partial charge in [-0.25, -0.2) is 0 Å². The van der Waals surface area contributed by atoms with E-state index in [0.717, 1.165) is 25.7 Å². The average molecular weight is 274 g/mol. The van der Waals surface area contributed by atoms with E-state index in [1.165, 1.54) is 19.3 Å². The number of aliphatic carboxylic acids is 1. The lowest BCUT2D eigenvalue weighted by molar-refractivity contribution is -0.143. The number of carbonyl (C=O) groups is 2. The van der Waals surface area contributed by atoms with Crippen molar-refractivity contribution in [2.24, 2.45) is 0 Å². The van der Waals surface area contributed by atoms with E-state index in [-0.39, 0.29) is 5.97 Å². The molecule has 0 aromatic heterocycles. The highest BCUT2D eigenvalue weighted by molar-refractivity contribution is 5.69. The molecule has 0 aliphatic carbocycles. The minimum Gasteiger partial charge on any atom is -0.481 e. The summed E-state index contributed by atoms with van der Waals surface area (Å²) in [5, 5.41) is 8.27. The zero-order valence-corrected chi connectivity index (χ0v) is 12.7. The lowest BCUT2D eigenvalue weighted by Gasteiger charge is -1.97. The molecule has 0 aliphatic rings. The van der Waals surface area contributed by atoms with Gasteiger partial charge in [0.1, 0.15) is 0 Å². The van der Waals surface area contributed by atoms with Crippen molar-refractivity contribution >= 4 is 11.9 Å². The van der Waals surface area contributed by atoms with Crippen LogP contribution in [-0.4, -0.2) is 23.7 Å². The smallest absolute Gasteiger partial charge is 0.305 e. The first-order valence-electron chi connectivity index (χ1n) is 7.45. The fourth-order valence-corrected chi connectivity index (χ4v) is 1.43. The van der Waals surface area contributed by atoms with Gasteiger partial charge in [-0.2, -0.15) is 0 Å². The van der Waals surface area contributed by atoms with Crippen molar-refractivity contribution in [3.63, 3.8) is 0 Å². The molecule has 0 aromatic carbocycles. The number of carbonyl (C=O) groups excluding carboxylic acids is 1. The number of carboxylic acid groups (broad SMARTS) is 1. The highest BCUT2D eigenvalue weighted by Gasteiger charge is 1.97. The number of rotatable bonds is 10. The SMILES string of the molecule is CCCCC(=O)OCC.CCCCCCCC(=O)O. The van der Waals surface area contributed by atoms with E-state index in [1.54, 1.807) is 0 Å². The Hall–Kier alpha value is -1.06. The van der Waals surface area contributed by atoms with Crippen LogP contribution in [0.1, 0.15) is 78.6 Å². The van der Waals surface area contributed by atoms with Gasteiger partial charge in [-0.05, 0) is 19.8 Å². The number of unbranched alkanes of at least 4 members (excludes halogenated alkanes) is 5. The second-order valence-corrected chi connectivity index (χ2v) is 4.47. The van der Waals surface area contributed by atoms with Gasteiger partial charge in [0.2, 0.25) is 0 Å². The van der Waals surface area contributed by atoms with Crippen LogP contribution >= 0.6 is 0 Å². The van der Waals surface area contributed by atoms with Crippen molar-refractivity contribution in [2.75, 3.05) is 6.61 Å². The Balaban J connectivity index is 0. The van der Waals surface area contributed by atoms with Crippen LogP contribution in [0.15, 0.2) is 0 Å². The number of hydrogen-bond donors (Lipinski definition) is 1. The Morgan fingerprint density at radius 1 is 0.842 bits per heavy atom. The topological polar surface area (TPSA) is 63.6 Å². The highest BCUT2D eigenvalue weighted by Crippen LogP contribution is 2.04. The zero-order valence-electron chi connectivity index (χ0n) is 12.7. The Labute approximate surface area is 117 Å². The Kier molecular flexibility index (Phi) is 18.1. The maximum atomic E-state index is 10.6. The van der Waals surface area contributed by atoms with Gasteiger partial charge in [-0.1, -0.05) is 46.0 Å². The summed E-state index contributed by atoms with van der Waals surface area (Å²) >= 11 is 0. The summed E-state index contributed by atoms with van der Waals surface area (Å²) in [6.45, 7) is 6.53. The van der Waals surface area contributed by atoms with E-state index in [2.05, 4.69) is 13.8 Å². The molecule has 4 nitrogen and oxygen atoms in total. The lowest BCUT2D eigenvalue weighted by Crippen LogP contribution is -2.02. The van der Waals surface area contributed by atoms with Gasteiger partial charge in [0, 0.05) is 12.8 Å². The molecular formula is C15H30O4. The van der Waals surface area contributed by atoms with Crippen LogP contribution in [0.25, 0.3) is 0 Å². The predicted octanol–water partition coefficient (Wildman–Crippen LogP) is 4.17. The molecule has 0 rings (SSSR count). The molecule has 0 aromatic rings. The molecule has 1 N–H and O–H groups in total. The van der Waals surface area contributed by atoms with Crippen LogP contribution in [0.5, 0.6) is 0 Å². The summed E-state index contributed by atoms with van der Waals surface area (Å²) in [7, 11) is 0. The Morgan fingerprint density at radius 3 is 1.89 bits per heavy atom. The van der Waals surface area contributed by atoms with Crippen molar-refractivity contribution in [3.8, 4) is 0 Å². The molecule has 0 heterocycles. The van der Waals surface area contributed by atoms with Gasteiger partial charge in [0.25, 0.3) is 0 Å². The van der Waals surface area contributed by atoms with Gasteiger partial charge >= 0.3 is 11.9 Å². The van der Waals surface area contributed by atoms with E-state index in [4.69, 9.17) is 9.84 Å². The van der Waals surface area contributed by atoms with Crippen molar-refractivity contribution in [2.45, 2.75) is 78.6 Å². The second kappa shape index (κ2) is 16.9. The third-order valence-corrected chi connectivity index (χ3v) is 2.53. The largest absolute Gasteiger partial charge is 0.481 e. The molecule has 0 bridgehead atoms. The monoisotopic (exact) mass is 274 g/mol. The van der Waals surface area contributed by atoms with Gasteiger partial charge in [0.15, 0.2) is 0 Å². The molecule has 0 spiro atoms. The maximum Gasteiger partial charge on any atom is 0.305 e. The van der Waals surface area contributed by atoms with Crippen molar-refractivity contribution in [1.29, 1.82) is 0 Å². The molecule has 0 saturated carbocycles. The summed E-state index contributed by atoms with van der Waals surface area (Å²) in [4.78, 5) is 20.6. The summed E-state index contributed by atoms with van der Waals surface area (Å²) < 4.78 is 4.70. The standard InChI is InChI=1S/C8H16O2.C7H14O2/c1-2-3-4-5-6-7-8(9)10;1-3-5-6-7(8)9-4-2/h2-7H2,1H3,(H,9,10);3-6H2,1-2H3. The minimum atomic E-state index is -0.670. The molecule has 0 atom stereocenters. The first-order chi connectivity index (χ1) is 9.08. The Morgan fingerprint density at radius 2 is 1.42 bits per heavy atom. The van der Waals surface area contributed by atoms with Crippen molar-refractivity contribution in [1.82, 2.24) is 0 Å². The second-order valence-electron chi connectivity index (χ2n) is 4.47. The van der Waals surface area contributed by atoms with E-state index in [0.29, 0.717) is 19.4 Å². The van der Waals surface area contributed by atoms with Crippen LogP contribution in [-0.2, 0) is 14.3 Å². The maximum absolute atomic E-state index is 10.6. The first kappa shape index (κ1) is 20.3. The molecule has 0 aliphatic heterocycles. The predicted molar refractivity (Wildman–Crippen MR) is 77.2 cm³/mol. The van der Waals surface area contributed by atoms with Crippen molar-refractivity contribution in [3.05, 3.63) is 0 Å². The first-order valence-corrected chi connectivity index (χ1v) is 7.45. The normalized spacial score (nSPS) is 9.42. The summed E-state index contributed by atoms with van der Waals surface area (Å²) in [5.41, 5.74) is 0. The minimum absolute atomic E-state index is 0.0700. The summed E-state index contributed by atoms with van der Waals surface area (Å²) in [6.07, 6.45) is 8.46. The average Bonchev–Trinajstić information content (AvgIpc) is 2.37. The number of carboxylic acids is 1. The highest BCUT2D eigenvalue weighted by atomic mass is 16.5. The zero-order chi connectivity index (χ0) is 14.9. The summed E-state index contributed by atoms with van der Waals surface area (Å²) in [5.74, 6) is -0.740. The molecule has 0 unspecified atom stereocenters. The molecule has 4 heteroatoms. The molecular weight excluding hydrogens is 244 g/mol. The Bertz CT molecular complexity index is 214. The third kappa shape index (κ3) is 22.6.